The summed E-state index contributed by atoms with van der Waals surface area (Å²) in [4.78, 5) is 12.9. The molecule has 7 heteroatoms. The molecule has 0 aliphatic carbocycles. The number of nitrogens with one attached hydrogen (secondary N) is 1. The fraction of sp³-hybridized carbons (Fsp3) is 0.458. The Balaban J connectivity index is 1.49. The third-order valence-corrected chi connectivity index (χ3v) is 7.92. The molecule has 3 rings (SSSR count). The third-order valence-electron chi connectivity index (χ3n) is 5.72. The van der Waals surface area contributed by atoms with Gasteiger partial charge in [0.2, 0.25) is 15.9 Å². The Hall–Kier alpha value is -2.38. The van der Waals surface area contributed by atoms with E-state index in [0.29, 0.717) is 44.0 Å². The van der Waals surface area contributed by atoms with Crippen molar-refractivity contribution in [3.63, 3.8) is 0 Å². The van der Waals surface area contributed by atoms with Gasteiger partial charge in [0, 0.05) is 19.0 Å². The Morgan fingerprint density at radius 2 is 1.58 bits per heavy atom. The molecule has 1 heterocycles. The van der Waals surface area contributed by atoms with E-state index in [1.807, 2.05) is 64.1 Å². The summed E-state index contributed by atoms with van der Waals surface area (Å²) < 4.78 is 33.5. The van der Waals surface area contributed by atoms with E-state index in [1.54, 1.807) is 0 Å². The minimum Gasteiger partial charge on any atom is -0.492 e. The molecule has 0 spiro atoms. The van der Waals surface area contributed by atoms with Crippen LogP contribution in [0.4, 0.5) is 0 Å². The number of carbonyl (C=O) groups is 1. The van der Waals surface area contributed by atoms with Crippen LogP contribution in [0.1, 0.15) is 35.1 Å². The second kappa shape index (κ2) is 9.83. The highest BCUT2D eigenvalue weighted by Gasteiger charge is 2.33. The second-order valence-electron chi connectivity index (χ2n) is 8.36. The number of sulfonamides is 1. The largest absolute Gasteiger partial charge is 0.492 e. The van der Waals surface area contributed by atoms with E-state index in [-0.39, 0.29) is 11.8 Å². The predicted octanol–water partition coefficient (Wildman–Crippen LogP) is 3.52. The van der Waals surface area contributed by atoms with Crippen LogP contribution in [-0.2, 0) is 14.8 Å². The molecule has 0 radical (unpaired) electrons. The summed E-state index contributed by atoms with van der Waals surface area (Å²) in [5.74, 6) is 0.568. The summed E-state index contributed by atoms with van der Waals surface area (Å²) in [5, 5.41) is 2.91. The van der Waals surface area contributed by atoms with E-state index < -0.39 is 10.0 Å². The molecule has 0 bridgehead atoms. The number of piperidine rings is 1. The number of ether oxygens (including phenoxy) is 1. The van der Waals surface area contributed by atoms with Crippen LogP contribution in [0.25, 0.3) is 0 Å². The number of hydrogen-bond donors (Lipinski definition) is 1. The van der Waals surface area contributed by atoms with E-state index in [2.05, 4.69) is 5.32 Å². The maximum atomic E-state index is 13.2. The molecule has 1 aliphatic heterocycles. The maximum Gasteiger partial charge on any atom is 0.243 e. The van der Waals surface area contributed by atoms with Crippen LogP contribution in [0.15, 0.2) is 41.3 Å². The van der Waals surface area contributed by atoms with Crippen LogP contribution in [0.2, 0.25) is 0 Å². The Kier molecular flexibility index (Phi) is 7.38. The number of carbonyl (C=O) groups excluding carboxylic acids is 1. The minimum atomic E-state index is -3.56. The Morgan fingerprint density at radius 1 is 1.00 bits per heavy atom. The van der Waals surface area contributed by atoms with Crippen molar-refractivity contribution >= 4 is 15.9 Å². The molecule has 6 nitrogen and oxygen atoms in total. The zero-order valence-electron chi connectivity index (χ0n) is 18.8. The van der Waals surface area contributed by atoms with Gasteiger partial charge in [-0.2, -0.15) is 4.31 Å². The van der Waals surface area contributed by atoms with Crippen LogP contribution in [-0.4, -0.2) is 44.9 Å². The lowest BCUT2D eigenvalue weighted by atomic mass is 9.97. The summed E-state index contributed by atoms with van der Waals surface area (Å²) in [7, 11) is -3.56. The Labute approximate surface area is 185 Å². The lowest BCUT2D eigenvalue weighted by Gasteiger charge is -2.31. The van der Waals surface area contributed by atoms with Crippen LogP contribution in [0.3, 0.4) is 0 Å². The molecule has 168 valence electrons. The van der Waals surface area contributed by atoms with Crippen molar-refractivity contribution in [3.05, 3.63) is 58.7 Å². The van der Waals surface area contributed by atoms with E-state index in [0.717, 1.165) is 22.4 Å². The predicted molar refractivity (Wildman–Crippen MR) is 122 cm³/mol. The number of aryl methyl sites for hydroxylation is 4. The molecule has 0 atom stereocenters. The summed E-state index contributed by atoms with van der Waals surface area (Å²) in [6.07, 6.45) is 1.04. The van der Waals surface area contributed by atoms with Crippen LogP contribution >= 0.6 is 0 Å². The number of benzene rings is 2. The van der Waals surface area contributed by atoms with Gasteiger partial charge in [-0.15, -0.1) is 0 Å². The molecule has 1 amide bonds. The lowest BCUT2D eigenvalue weighted by Crippen LogP contribution is -2.43. The molecule has 31 heavy (non-hydrogen) atoms. The normalized spacial score (nSPS) is 15.6. The van der Waals surface area contributed by atoms with E-state index in [4.69, 9.17) is 4.74 Å². The maximum absolute atomic E-state index is 13.2. The SMILES string of the molecule is Cc1ccc(OCCNC(=O)C2CCN(S(=O)(=O)c3c(C)cc(C)cc3C)CC2)cc1. The molecule has 0 saturated carbocycles. The van der Waals surface area contributed by atoms with Crippen molar-refractivity contribution in [1.29, 1.82) is 0 Å². The van der Waals surface area contributed by atoms with E-state index in [1.165, 1.54) is 9.87 Å². The first-order valence-electron chi connectivity index (χ1n) is 10.7. The van der Waals surface area contributed by atoms with Crippen LogP contribution in [0, 0.1) is 33.6 Å². The van der Waals surface area contributed by atoms with Gasteiger partial charge >= 0.3 is 0 Å². The smallest absolute Gasteiger partial charge is 0.243 e. The molecule has 2 aromatic carbocycles. The molecule has 1 aliphatic rings. The lowest BCUT2D eigenvalue weighted by molar-refractivity contribution is -0.126. The fourth-order valence-electron chi connectivity index (χ4n) is 4.18. The first kappa shape index (κ1) is 23.3. The molecule has 1 saturated heterocycles. The first-order chi connectivity index (χ1) is 14.7. The number of nitrogens with zero attached hydrogens (tertiary/aromatic N) is 1. The standard InChI is InChI=1S/C24H32N2O4S/c1-17-5-7-22(8-6-17)30-14-11-25-24(27)21-9-12-26(13-10-21)31(28,29)23-19(3)15-18(2)16-20(23)4/h5-8,15-16,21H,9-14H2,1-4H3,(H,25,27). The summed E-state index contributed by atoms with van der Waals surface area (Å²) in [6, 6.07) is 11.6. The highest BCUT2D eigenvalue weighted by molar-refractivity contribution is 7.89. The highest BCUT2D eigenvalue weighted by Crippen LogP contribution is 2.28. The monoisotopic (exact) mass is 444 g/mol. The summed E-state index contributed by atoms with van der Waals surface area (Å²) in [5.41, 5.74) is 3.76. The van der Waals surface area contributed by atoms with Crippen LogP contribution in [0.5, 0.6) is 5.75 Å². The van der Waals surface area contributed by atoms with Crippen molar-refractivity contribution in [2.75, 3.05) is 26.2 Å². The van der Waals surface area contributed by atoms with Crippen molar-refractivity contribution in [2.24, 2.45) is 5.92 Å². The van der Waals surface area contributed by atoms with E-state index >= 15 is 0 Å². The van der Waals surface area contributed by atoms with Crippen molar-refractivity contribution in [3.8, 4) is 5.75 Å². The molecule has 0 unspecified atom stereocenters. The molecule has 1 fully saturated rings. The zero-order chi connectivity index (χ0) is 22.6. The average molecular weight is 445 g/mol. The Morgan fingerprint density at radius 3 is 2.16 bits per heavy atom. The van der Waals surface area contributed by atoms with Crippen molar-refractivity contribution in [1.82, 2.24) is 9.62 Å². The Bertz CT molecular complexity index is 1000. The first-order valence-corrected chi connectivity index (χ1v) is 12.2. The van der Waals surface area contributed by atoms with Gasteiger partial charge in [-0.1, -0.05) is 35.4 Å². The number of hydrogen-bond acceptors (Lipinski definition) is 4. The van der Waals surface area contributed by atoms with Gasteiger partial charge in [-0.05, 0) is 63.8 Å². The third kappa shape index (κ3) is 5.66. The zero-order valence-corrected chi connectivity index (χ0v) is 19.6. The van der Waals surface area contributed by atoms with Gasteiger partial charge in [0.15, 0.2) is 0 Å². The minimum absolute atomic E-state index is 0.0350. The van der Waals surface area contributed by atoms with Gasteiger partial charge in [0.05, 0.1) is 11.4 Å². The molecular weight excluding hydrogens is 412 g/mol. The molecule has 1 N–H and O–H groups in total. The van der Waals surface area contributed by atoms with Crippen molar-refractivity contribution in [2.45, 2.75) is 45.4 Å². The van der Waals surface area contributed by atoms with Gasteiger partial charge in [-0.3, -0.25) is 4.79 Å². The number of rotatable bonds is 7. The topological polar surface area (TPSA) is 75.7 Å². The molecule has 2 aromatic rings. The molecular formula is C24H32N2O4S. The second-order valence-corrected chi connectivity index (χ2v) is 10.2. The molecule has 0 aromatic heterocycles. The van der Waals surface area contributed by atoms with Crippen molar-refractivity contribution < 1.29 is 17.9 Å². The highest BCUT2D eigenvalue weighted by atomic mass is 32.2. The van der Waals surface area contributed by atoms with Gasteiger partial charge in [0.1, 0.15) is 12.4 Å². The van der Waals surface area contributed by atoms with Gasteiger partial charge in [0.25, 0.3) is 0 Å². The fourth-order valence-corrected chi connectivity index (χ4v) is 6.06. The van der Waals surface area contributed by atoms with Crippen LogP contribution < -0.4 is 10.1 Å². The van der Waals surface area contributed by atoms with Gasteiger partial charge in [-0.25, -0.2) is 8.42 Å². The summed E-state index contributed by atoms with van der Waals surface area (Å²) in [6.45, 7) is 9.19. The number of amides is 1. The average Bonchev–Trinajstić information content (AvgIpc) is 2.71. The quantitative estimate of drug-likeness (QED) is 0.663. The van der Waals surface area contributed by atoms with Gasteiger partial charge < -0.3 is 10.1 Å². The van der Waals surface area contributed by atoms with E-state index in [9.17, 15) is 13.2 Å². The summed E-state index contributed by atoms with van der Waals surface area (Å²) >= 11 is 0.